The molecule has 0 rings (SSSR count). The Morgan fingerprint density at radius 3 is 0.828 bits per heavy atom. The molecule has 93 heavy (non-hydrogen) atoms. The van der Waals surface area contributed by atoms with Crippen molar-refractivity contribution in [2.75, 3.05) is 13.2 Å². The van der Waals surface area contributed by atoms with Gasteiger partial charge < -0.3 is 20.3 Å². The number of hydrogen-bond acceptors (Lipinski definition) is 5. The molecule has 3 N–H and O–H groups in total. The van der Waals surface area contributed by atoms with Gasteiger partial charge in [-0.05, 0) is 89.9 Å². The standard InChI is InChI=1S/C87H165NO5/c1-3-5-7-9-11-13-15-17-19-21-44-47-51-55-59-63-67-71-75-79-85(90)84(83-89)88-86(91)80-76-72-68-64-60-56-52-48-45-42-40-38-36-34-32-30-28-26-24-23-25-27-29-31-33-35-37-39-41-43-46-50-54-58-62-66-70-74-78-82-93-87(92)81-77-73-69-65-61-57-53-49-22-20-18-16-14-12-10-8-6-4-2/h14,16,20,22-24,27,29,84-85,89-90H,3-13,15,17-19,21,25-26,28,30-83H2,1-2H3,(H,88,91)/b16-14-,22-20-,24-23-,29-27-. The van der Waals surface area contributed by atoms with Crippen LogP contribution in [0.1, 0.15) is 470 Å². The lowest BCUT2D eigenvalue weighted by Gasteiger charge is -2.22. The van der Waals surface area contributed by atoms with Crippen LogP contribution >= 0.6 is 0 Å². The van der Waals surface area contributed by atoms with Crippen LogP contribution in [0.15, 0.2) is 48.6 Å². The van der Waals surface area contributed by atoms with E-state index in [2.05, 4.69) is 67.8 Å². The van der Waals surface area contributed by atoms with E-state index in [1.54, 1.807) is 0 Å². The second-order valence-electron chi connectivity index (χ2n) is 29.2. The van der Waals surface area contributed by atoms with Crippen molar-refractivity contribution >= 4 is 11.9 Å². The maximum absolute atomic E-state index is 12.6. The topological polar surface area (TPSA) is 95.9 Å². The Balaban J connectivity index is 3.35. The molecule has 0 aliphatic carbocycles. The third kappa shape index (κ3) is 78.7. The van der Waals surface area contributed by atoms with Crippen molar-refractivity contribution in [2.24, 2.45) is 0 Å². The summed E-state index contributed by atoms with van der Waals surface area (Å²) in [5, 5.41) is 23.4. The maximum atomic E-state index is 12.6. The molecular formula is C87H165NO5. The molecule has 0 radical (unpaired) electrons. The first-order valence-electron chi connectivity index (χ1n) is 42.4. The summed E-state index contributed by atoms with van der Waals surface area (Å²) in [4.78, 5) is 24.7. The number of amides is 1. The van der Waals surface area contributed by atoms with E-state index in [1.807, 2.05) is 0 Å². The second kappa shape index (κ2) is 82.2. The maximum Gasteiger partial charge on any atom is 0.305 e. The highest BCUT2D eigenvalue weighted by molar-refractivity contribution is 5.76. The SMILES string of the molecule is CCCCCC/C=C\C/C=C\CCCCCCCCCC(=O)OCCCCCCCCCCCCCCCCC/C=C\C/C=C\CCCCCCCCCCCCCCCCCCCC(=O)NC(CO)C(O)CCCCCCCCCCCCCCCCCCCCC. The summed E-state index contributed by atoms with van der Waals surface area (Å²) >= 11 is 0. The van der Waals surface area contributed by atoms with Crippen LogP contribution in [0.2, 0.25) is 0 Å². The Labute approximate surface area is 582 Å². The van der Waals surface area contributed by atoms with Gasteiger partial charge in [0.2, 0.25) is 5.91 Å². The average molecular weight is 1310 g/mol. The first kappa shape index (κ1) is 90.8. The van der Waals surface area contributed by atoms with E-state index in [-0.39, 0.29) is 18.5 Å². The molecule has 1 amide bonds. The highest BCUT2D eigenvalue weighted by atomic mass is 16.5. The van der Waals surface area contributed by atoms with Crippen LogP contribution in [0.5, 0.6) is 0 Å². The first-order valence-corrected chi connectivity index (χ1v) is 42.4. The molecule has 0 spiro atoms. The van der Waals surface area contributed by atoms with Gasteiger partial charge in [0.25, 0.3) is 0 Å². The zero-order valence-corrected chi connectivity index (χ0v) is 63.0. The number of nitrogens with one attached hydrogen (secondary N) is 1. The summed E-state index contributed by atoms with van der Waals surface area (Å²) in [5.41, 5.74) is 0. The predicted molar refractivity (Wildman–Crippen MR) is 412 cm³/mol. The normalized spacial score (nSPS) is 12.7. The summed E-state index contributed by atoms with van der Waals surface area (Å²) in [6.45, 7) is 4.98. The lowest BCUT2D eigenvalue weighted by molar-refractivity contribution is -0.143. The zero-order valence-electron chi connectivity index (χ0n) is 63.0. The number of rotatable bonds is 80. The molecule has 0 fully saturated rings. The van der Waals surface area contributed by atoms with Crippen molar-refractivity contribution in [3.05, 3.63) is 48.6 Å². The molecule has 548 valence electrons. The Morgan fingerprint density at radius 2 is 0.538 bits per heavy atom. The van der Waals surface area contributed by atoms with Crippen molar-refractivity contribution in [2.45, 2.75) is 482 Å². The van der Waals surface area contributed by atoms with Crippen molar-refractivity contribution in [3.8, 4) is 0 Å². The van der Waals surface area contributed by atoms with Gasteiger partial charge in [-0.3, -0.25) is 9.59 Å². The minimum absolute atomic E-state index is 0.0136. The average Bonchev–Trinajstić information content (AvgIpc) is 3.74. The zero-order chi connectivity index (χ0) is 67.0. The third-order valence-corrected chi connectivity index (χ3v) is 19.9. The molecule has 0 heterocycles. The minimum atomic E-state index is -0.663. The number of carbonyl (C=O) groups is 2. The summed E-state index contributed by atoms with van der Waals surface area (Å²) in [5.74, 6) is -0.0138. The van der Waals surface area contributed by atoms with Gasteiger partial charge in [0, 0.05) is 12.8 Å². The third-order valence-electron chi connectivity index (χ3n) is 19.9. The van der Waals surface area contributed by atoms with E-state index < -0.39 is 12.1 Å². The molecule has 0 aromatic heterocycles. The van der Waals surface area contributed by atoms with Crippen LogP contribution < -0.4 is 5.32 Å². The summed E-state index contributed by atoms with van der Waals surface area (Å²) in [6.07, 6.45) is 109. The summed E-state index contributed by atoms with van der Waals surface area (Å²) in [7, 11) is 0. The van der Waals surface area contributed by atoms with Crippen LogP contribution in [0.25, 0.3) is 0 Å². The number of carbonyl (C=O) groups excluding carboxylic acids is 2. The van der Waals surface area contributed by atoms with Gasteiger partial charge in [0.05, 0.1) is 25.4 Å². The first-order chi connectivity index (χ1) is 46.0. The van der Waals surface area contributed by atoms with Crippen molar-refractivity contribution in [1.29, 1.82) is 0 Å². The van der Waals surface area contributed by atoms with E-state index in [0.717, 1.165) is 57.8 Å². The number of unbranched alkanes of at least 4 members (excludes halogenated alkanes) is 61. The van der Waals surface area contributed by atoms with Gasteiger partial charge in [-0.15, -0.1) is 0 Å². The molecule has 0 aromatic rings. The van der Waals surface area contributed by atoms with Crippen LogP contribution in [-0.2, 0) is 14.3 Å². The van der Waals surface area contributed by atoms with Crippen LogP contribution in [0, 0.1) is 0 Å². The van der Waals surface area contributed by atoms with Crippen LogP contribution in [-0.4, -0.2) is 47.4 Å². The van der Waals surface area contributed by atoms with Gasteiger partial charge in [0.1, 0.15) is 0 Å². The van der Waals surface area contributed by atoms with Crippen molar-refractivity contribution < 1.29 is 24.5 Å². The summed E-state index contributed by atoms with van der Waals surface area (Å²) < 4.78 is 5.51. The highest BCUT2D eigenvalue weighted by Gasteiger charge is 2.20. The van der Waals surface area contributed by atoms with Crippen LogP contribution in [0.4, 0.5) is 0 Å². The van der Waals surface area contributed by atoms with Gasteiger partial charge in [-0.1, -0.05) is 416 Å². The van der Waals surface area contributed by atoms with E-state index in [1.165, 1.54) is 379 Å². The molecule has 0 saturated carbocycles. The van der Waals surface area contributed by atoms with Crippen LogP contribution in [0.3, 0.4) is 0 Å². The molecule has 6 nitrogen and oxygen atoms in total. The fourth-order valence-corrected chi connectivity index (χ4v) is 13.4. The van der Waals surface area contributed by atoms with Gasteiger partial charge >= 0.3 is 5.97 Å². The van der Waals surface area contributed by atoms with Gasteiger partial charge in [-0.25, -0.2) is 0 Å². The minimum Gasteiger partial charge on any atom is -0.466 e. The van der Waals surface area contributed by atoms with Crippen molar-refractivity contribution in [1.82, 2.24) is 5.32 Å². The Morgan fingerprint density at radius 1 is 0.301 bits per heavy atom. The highest BCUT2D eigenvalue weighted by Crippen LogP contribution is 2.20. The number of esters is 1. The molecule has 0 aromatic carbocycles. The Bertz CT molecular complexity index is 1550. The lowest BCUT2D eigenvalue weighted by atomic mass is 10.0. The molecule has 0 bridgehead atoms. The molecule has 2 atom stereocenters. The number of aliphatic hydroxyl groups is 2. The van der Waals surface area contributed by atoms with Gasteiger partial charge in [0.15, 0.2) is 0 Å². The van der Waals surface area contributed by atoms with Crippen molar-refractivity contribution in [3.63, 3.8) is 0 Å². The largest absolute Gasteiger partial charge is 0.466 e. The molecule has 0 aliphatic heterocycles. The predicted octanol–water partition coefficient (Wildman–Crippen LogP) is 28.3. The second-order valence-corrected chi connectivity index (χ2v) is 29.2. The van der Waals surface area contributed by atoms with E-state index in [4.69, 9.17) is 4.74 Å². The Hall–Kier alpha value is -2.18. The van der Waals surface area contributed by atoms with E-state index >= 15 is 0 Å². The van der Waals surface area contributed by atoms with E-state index in [9.17, 15) is 19.8 Å². The number of allylic oxidation sites excluding steroid dienone is 8. The quantitative estimate of drug-likeness (QED) is 0.0320. The molecule has 2 unspecified atom stereocenters. The fourth-order valence-electron chi connectivity index (χ4n) is 13.4. The molecule has 0 saturated heterocycles. The van der Waals surface area contributed by atoms with Gasteiger partial charge in [-0.2, -0.15) is 0 Å². The smallest absolute Gasteiger partial charge is 0.305 e. The van der Waals surface area contributed by atoms with E-state index in [0.29, 0.717) is 25.9 Å². The number of ether oxygens (including phenoxy) is 1. The lowest BCUT2D eigenvalue weighted by Crippen LogP contribution is -2.45. The number of aliphatic hydroxyl groups excluding tert-OH is 2. The molecule has 6 heteroatoms. The fraction of sp³-hybridized carbons (Fsp3) is 0.885. The molecular weight excluding hydrogens is 1140 g/mol. The monoisotopic (exact) mass is 1300 g/mol. The Kier molecular flexibility index (Phi) is 80.3. The molecule has 0 aliphatic rings. The summed E-state index contributed by atoms with van der Waals surface area (Å²) in [6, 6.07) is -0.540. The number of hydrogen-bond donors (Lipinski definition) is 3.